The fourth-order valence-electron chi connectivity index (χ4n) is 4.33. The second-order valence-corrected chi connectivity index (χ2v) is 7.78. The van der Waals surface area contributed by atoms with Crippen LogP contribution in [0.3, 0.4) is 0 Å². The van der Waals surface area contributed by atoms with Crippen molar-refractivity contribution in [3.05, 3.63) is 64.7 Å². The molecule has 6 nitrogen and oxygen atoms in total. The van der Waals surface area contributed by atoms with Crippen molar-refractivity contribution < 1.29 is 0 Å². The van der Waals surface area contributed by atoms with Crippen LogP contribution in [0.5, 0.6) is 0 Å². The van der Waals surface area contributed by atoms with Gasteiger partial charge in [0.2, 0.25) is 0 Å². The summed E-state index contributed by atoms with van der Waals surface area (Å²) in [4.78, 5) is 8.89. The SMILES string of the molecule is Clc1ccc2c(c1)CNCc1nnc(C3CCC(c4ncccn4)CC3)n1-2. The quantitative estimate of drug-likeness (QED) is 0.733. The Labute approximate surface area is 163 Å². The fraction of sp³-hybridized carbons (Fsp3) is 0.400. The topological polar surface area (TPSA) is 68.5 Å². The van der Waals surface area contributed by atoms with E-state index in [9.17, 15) is 0 Å². The van der Waals surface area contributed by atoms with Gasteiger partial charge in [-0.1, -0.05) is 11.6 Å². The monoisotopic (exact) mass is 380 g/mol. The maximum absolute atomic E-state index is 6.21. The maximum atomic E-state index is 6.21. The highest BCUT2D eigenvalue weighted by molar-refractivity contribution is 6.30. The first-order chi connectivity index (χ1) is 13.3. The highest BCUT2D eigenvalue weighted by Gasteiger charge is 2.30. The van der Waals surface area contributed by atoms with E-state index in [4.69, 9.17) is 11.6 Å². The molecule has 0 spiro atoms. The number of aromatic nitrogens is 5. The van der Waals surface area contributed by atoms with E-state index >= 15 is 0 Å². The van der Waals surface area contributed by atoms with Crippen LogP contribution in [0.25, 0.3) is 5.69 Å². The van der Waals surface area contributed by atoms with Crippen LogP contribution in [0.2, 0.25) is 5.02 Å². The van der Waals surface area contributed by atoms with Crippen LogP contribution in [0.4, 0.5) is 0 Å². The summed E-state index contributed by atoms with van der Waals surface area (Å²) in [6.45, 7) is 1.50. The number of benzene rings is 1. The van der Waals surface area contributed by atoms with Crippen molar-refractivity contribution in [2.45, 2.75) is 50.6 Å². The van der Waals surface area contributed by atoms with Gasteiger partial charge < -0.3 is 5.32 Å². The molecule has 1 aromatic carbocycles. The summed E-state index contributed by atoms with van der Waals surface area (Å²) < 4.78 is 2.25. The minimum absolute atomic E-state index is 0.410. The van der Waals surface area contributed by atoms with E-state index in [0.29, 0.717) is 18.4 Å². The van der Waals surface area contributed by atoms with Crippen molar-refractivity contribution in [3.8, 4) is 5.69 Å². The standard InChI is InChI=1S/C20H21ClN6/c21-16-6-7-17-15(10-16)11-22-12-18-25-26-20(27(17)18)14-4-2-13(3-5-14)19-23-8-1-9-24-19/h1,6-10,13-14,22H,2-5,11-12H2. The second-order valence-electron chi connectivity index (χ2n) is 7.34. The van der Waals surface area contributed by atoms with E-state index < -0.39 is 0 Å². The van der Waals surface area contributed by atoms with Gasteiger partial charge >= 0.3 is 0 Å². The zero-order valence-electron chi connectivity index (χ0n) is 15.0. The number of rotatable bonds is 2. The second kappa shape index (κ2) is 7.02. The van der Waals surface area contributed by atoms with E-state index in [0.717, 1.165) is 60.4 Å². The summed E-state index contributed by atoms with van der Waals surface area (Å²) in [6, 6.07) is 7.94. The van der Waals surface area contributed by atoms with Crippen molar-refractivity contribution in [1.82, 2.24) is 30.0 Å². The molecule has 7 heteroatoms. The molecule has 0 bridgehead atoms. The molecule has 0 radical (unpaired) electrons. The Balaban J connectivity index is 1.44. The van der Waals surface area contributed by atoms with Gasteiger partial charge in [0.05, 0.1) is 12.2 Å². The van der Waals surface area contributed by atoms with E-state index in [1.807, 2.05) is 30.6 Å². The van der Waals surface area contributed by atoms with Gasteiger partial charge in [0, 0.05) is 35.8 Å². The third-order valence-electron chi connectivity index (χ3n) is 5.68. The Kier molecular flexibility index (Phi) is 4.38. The Morgan fingerprint density at radius 2 is 1.74 bits per heavy atom. The number of nitrogens with one attached hydrogen (secondary N) is 1. The molecule has 3 aromatic rings. The molecular formula is C20H21ClN6. The molecule has 0 saturated heterocycles. The van der Waals surface area contributed by atoms with Gasteiger partial charge in [-0.15, -0.1) is 10.2 Å². The highest BCUT2D eigenvalue weighted by atomic mass is 35.5. The van der Waals surface area contributed by atoms with Gasteiger partial charge in [-0.25, -0.2) is 9.97 Å². The molecule has 1 aliphatic heterocycles. The van der Waals surface area contributed by atoms with Gasteiger partial charge in [-0.3, -0.25) is 4.57 Å². The molecule has 1 aliphatic carbocycles. The largest absolute Gasteiger partial charge is 0.306 e. The van der Waals surface area contributed by atoms with Gasteiger partial charge in [0.25, 0.3) is 0 Å². The van der Waals surface area contributed by atoms with Gasteiger partial charge in [-0.05, 0) is 55.5 Å². The van der Waals surface area contributed by atoms with Crippen LogP contribution in [0, 0.1) is 0 Å². The lowest BCUT2D eigenvalue weighted by molar-refractivity contribution is 0.372. The molecule has 0 unspecified atom stereocenters. The predicted octanol–water partition coefficient (Wildman–Crippen LogP) is 3.76. The molecule has 1 fully saturated rings. The normalized spacial score (nSPS) is 22.0. The first kappa shape index (κ1) is 16.8. The maximum Gasteiger partial charge on any atom is 0.151 e. The van der Waals surface area contributed by atoms with Crippen LogP contribution < -0.4 is 5.32 Å². The Hall–Kier alpha value is -2.31. The van der Waals surface area contributed by atoms with Crippen LogP contribution in [-0.2, 0) is 13.1 Å². The Morgan fingerprint density at radius 3 is 2.56 bits per heavy atom. The van der Waals surface area contributed by atoms with Crippen molar-refractivity contribution >= 4 is 11.6 Å². The first-order valence-corrected chi connectivity index (χ1v) is 9.88. The lowest BCUT2D eigenvalue weighted by Gasteiger charge is -2.27. The van der Waals surface area contributed by atoms with Crippen molar-refractivity contribution in [1.29, 1.82) is 0 Å². The molecule has 2 aliphatic rings. The van der Waals surface area contributed by atoms with E-state index in [1.165, 1.54) is 5.56 Å². The van der Waals surface area contributed by atoms with E-state index in [1.54, 1.807) is 0 Å². The van der Waals surface area contributed by atoms with E-state index in [2.05, 4.69) is 36.1 Å². The summed E-state index contributed by atoms with van der Waals surface area (Å²) in [7, 11) is 0. The summed E-state index contributed by atoms with van der Waals surface area (Å²) in [5, 5.41) is 13.3. The van der Waals surface area contributed by atoms with Gasteiger partial charge in [0.15, 0.2) is 5.82 Å². The molecule has 138 valence electrons. The minimum atomic E-state index is 0.410. The van der Waals surface area contributed by atoms with Crippen molar-refractivity contribution in [3.63, 3.8) is 0 Å². The van der Waals surface area contributed by atoms with Crippen molar-refractivity contribution in [2.24, 2.45) is 0 Å². The van der Waals surface area contributed by atoms with Gasteiger partial charge in [0.1, 0.15) is 11.6 Å². The molecule has 0 atom stereocenters. The average Bonchev–Trinajstić information content (AvgIpc) is 3.04. The predicted molar refractivity (Wildman–Crippen MR) is 103 cm³/mol. The molecule has 3 heterocycles. The number of nitrogens with zero attached hydrogens (tertiary/aromatic N) is 5. The Bertz CT molecular complexity index is 946. The molecule has 5 rings (SSSR count). The van der Waals surface area contributed by atoms with Crippen molar-refractivity contribution in [2.75, 3.05) is 0 Å². The van der Waals surface area contributed by atoms with Crippen LogP contribution in [0.15, 0.2) is 36.7 Å². The molecule has 1 N–H and O–H groups in total. The number of halogens is 1. The molecule has 2 aromatic heterocycles. The van der Waals surface area contributed by atoms with Crippen LogP contribution >= 0.6 is 11.6 Å². The number of hydrogen-bond acceptors (Lipinski definition) is 5. The first-order valence-electron chi connectivity index (χ1n) is 9.50. The highest BCUT2D eigenvalue weighted by Crippen LogP contribution is 2.40. The molecular weight excluding hydrogens is 360 g/mol. The lowest BCUT2D eigenvalue weighted by atomic mass is 9.81. The summed E-state index contributed by atoms with van der Waals surface area (Å²) >= 11 is 6.21. The molecule has 27 heavy (non-hydrogen) atoms. The Morgan fingerprint density at radius 1 is 0.963 bits per heavy atom. The smallest absolute Gasteiger partial charge is 0.151 e. The zero-order valence-corrected chi connectivity index (χ0v) is 15.7. The lowest BCUT2D eigenvalue weighted by Crippen LogP contribution is -2.18. The fourth-order valence-corrected chi connectivity index (χ4v) is 4.52. The third kappa shape index (κ3) is 3.13. The third-order valence-corrected chi connectivity index (χ3v) is 5.91. The number of fused-ring (bicyclic) bond motifs is 3. The van der Waals surface area contributed by atoms with Crippen LogP contribution in [-0.4, -0.2) is 24.7 Å². The minimum Gasteiger partial charge on any atom is -0.306 e. The van der Waals surface area contributed by atoms with Crippen LogP contribution in [0.1, 0.15) is 60.6 Å². The summed E-state index contributed by atoms with van der Waals surface area (Å²) in [6.07, 6.45) is 8.00. The summed E-state index contributed by atoms with van der Waals surface area (Å²) in [5.74, 6) is 3.87. The average molecular weight is 381 g/mol. The molecule has 0 amide bonds. The zero-order chi connectivity index (χ0) is 18.2. The number of hydrogen-bond donors (Lipinski definition) is 1. The molecule has 1 saturated carbocycles. The van der Waals surface area contributed by atoms with E-state index in [-0.39, 0.29) is 0 Å². The summed E-state index contributed by atoms with van der Waals surface area (Å²) in [5.41, 5.74) is 2.33. The van der Waals surface area contributed by atoms with Gasteiger partial charge in [-0.2, -0.15) is 0 Å².